The van der Waals surface area contributed by atoms with Crippen LogP contribution in [-0.2, 0) is 4.79 Å². The predicted octanol–water partition coefficient (Wildman–Crippen LogP) is 0.527. The van der Waals surface area contributed by atoms with Gasteiger partial charge in [0.1, 0.15) is 5.71 Å². The van der Waals surface area contributed by atoms with Crippen molar-refractivity contribution in [2.75, 3.05) is 0 Å². The summed E-state index contributed by atoms with van der Waals surface area (Å²) in [6.45, 7) is 4.05. The molecule has 0 aromatic rings. The lowest BCUT2D eigenvalue weighted by molar-refractivity contribution is -0.114. The molecule has 1 aliphatic rings. The van der Waals surface area contributed by atoms with Crippen LogP contribution in [-0.4, -0.2) is 11.6 Å². The third kappa shape index (κ3) is 2.52. The molecule has 0 saturated carbocycles. The van der Waals surface area contributed by atoms with Gasteiger partial charge in [-0.1, -0.05) is 26.0 Å². The van der Waals surface area contributed by atoms with E-state index >= 15 is 0 Å². The Balaban J connectivity index is 2.89. The Hall–Kier alpha value is -1.42. The summed E-state index contributed by atoms with van der Waals surface area (Å²) in [6.07, 6.45) is 7.11. The SMILES string of the molecule is CC1(C)C=CN=C(C(=O)NN)C=C1. The lowest BCUT2D eigenvalue weighted by Gasteiger charge is -2.11. The molecule has 4 nitrogen and oxygen atoms in total. The molecular weight excluding hydrogens is 166 g/mol. The van der Waals surface area contributed by atoms with Crippen LogP contribution in [0.2, 0.25) is 0 Å². The number of hydrogen-bond acceptors (Lipinski definition) is 3. The molecule has 70 valence electrons. The van der Waals surface area contributed by atoms with Crippen molar-refractivity contribution in [3.05, 3.63) is 24.4 Å². The van der Waals surface area contributed by atoms with Gasteiger partial charge in [0.05, 0.1) is 0 Å². The Morgan fingerprint density at radius 2 is 2.23 bits per heavy atom. The van der Waals surface area contributed by atoms with Gasteiger partial charge >= 0.3 is 0 Å². The number of hydrazine groups is 1. The molecule has 0 saturated heterocycles. The summed E-state index contributed by atoms with van der Waals surface area (Å²) >= 11 is 0. The fourth-order valence-electron chi connectivity index (χ4n) is 0.910. The first-order valence-electron chi connectivity index (χ1n) is 4.01. The van der Waals surface area contributed by atoms with Crippen LogP contribution in [0.15, 0.2) is 29.4 Å². The predicted molar refractivity (Wildman–Crippen MR) is 51.8 cm³/mol. The Labute approximate surface area is 77.2 Å². The van der Waals surface area contributed by atoms with Gasteiger partial charge in [0.15, 0.2) is 0 Å². The van der Waals surface area contributed by atoms with Crippen LogP contribution in [0.1, 0.15) is 13.8 Å². The normalized spacial score (nSPS) is 19.2. The maximum Gasteiger partial charge on any atom is 0.283 e. The first-order valence-corrected chi connectivity index (χ1v) is 4.01. The van der Waals surface area contributed by atoms with E-state index < -0.39 is 0 Å². The highest BCUT2D eigenvalue weighted by Gasteiger charge is 2.13. The van der Waals surface area contributed by atoms with E-state index in [1.807, 2.05) is 31.4 Å². The van der Waals surface area contributed by atoms with E-state index in [1.54, 1.807) is 12.3 Å². The molecule has 3 N–H and O–H groups in total. The van der Waals surface area contributed by atoms with Crippen molar-refractivity contribution in [2.24, 2.45) is 16.3 Å². The lowest BCUT2D eigenvalue weighted by Crippen LogP contribution is -2.35. The van der Waals surface area contributed by atoms with E-state index in [-0.39, 0.29) is 11.3 Å². The standard InChI is InChI=1S/C9H13N3O/c1-9(2)4-3-7(8(13)12-10)11-6-5-9/h3-6H,10H2,1-2H3,(H,12,13). The number of allylic oxidation sites excluding steroid dienone is 2. The second kappa shape index (κ2) is 3.53. The largest absolute Gasteiger partial charge is 0.289 e. The van der Waals surface area contributed by atoms with Crippen LogP contribution in [0.3, 0.4) is 0 Å². The molecule has 1 aliphatic heterocycles. The number of nitrogens with one attached hydrogen (secondary N) is 1. The summed E-state index contributed by atoms with van der Waals surface area (Å²) in [5, 5.41) is 0. The monoisotopic (exact) mass is 179 g/mol. The summed E-state index contributed by atoms with van der Waals surface area (Å²) < 4.78 is 0. The van der Waals surface area contributed by atoms with E-state index in [0.29, 0.717) is 5.71 Å². The van der Waals surface area contributed by atoms with Crippen molar-refractivity contribution in [3.8, 4) is 0 Å². The van der Waals surface area contributed by atoms with Gasteiger partial charge in [-0.25, -0.2) is 5.84 Å². The maximum absolute atomic E-state index is 11.1. The Morgan fingerprint density at radius 1 is 1.54 bits per heavy atom. The summed E-state index contributed by atoms with van der Waals surface area (Å²) in [5.41, 5.74) is 2.29. The molecular formula is C9H13N3O. The minimum atomic E-state index is -0.376. The van der Waals surface area contributed by atoms with E-state index in [9.17, 15) is 4.79 Å². The third-order valence-corrected chi connectivity index (χ3v) is 1.75. The van der Waals surface area contributed by atoms with Crippen LogP contribution in [0.4, 0.5) is 0 Å². The molecule has 0 aromatic carbocycles. The van der Waals surface area contributed by atoms with Crippen molar-refractivity contribution >= 4 is 11.6 Å². The zero-order valence-electron chi connectivity index (χ0n) is 7.74. The van der Waals surface area contributed by atoms with Crippen LogP contribution in [0.5, 0.6) is 0 Å². The average Bonchev–Trinajstić information content (AvgIpc) is 2.25. The molecule has 0 bridgehead atoms. The van der Waals surface area contributed by atoms with E-state index in [0.717, 1.165) is 0 Å². The Bertz CT molecular complexity index is 300. The van der Waals surface area contributed by atoms with Crippen molar-refractivity contribution < 1.29 is 4.79 Å². The molecule has 1 rings (SSSR count). The molecule has 1 heterocycles. The fraction of sp³-hybridized carbons (Fsp3) is 0.333. The van der Waals surface area contributed by atoms with E-state index in [1.165, 1.54) is 0 Å². The number of hydrogen-bond donors (Lipinski definition) is 2. The molecule has 0 fully saturated rings. The molecule has 0 spiro atoms. The van der Waals surface area contributed by atoms with Gasteiger partial charge in [0.25, 0.3) is 5.91 Å². The number of nitrogens with zero attached hydrogens (tertiary/aromatic N) is 1. The molecule has 1 amide bonds. The van der Waals surface area contributed by atoms with E-state index in [2.05, 4.69) is 4.99 Å². The van der Waals surface area contributed by atoms with Crippen LogP contribution < -0.4 is 11.3 Å². The number of rotatable bonds is 1. The lowest BCUT2D eigenvalue weighted by atomic mass is 9.93. The zero-order chi connectivity index (χ0) is 9.90. The minimum Gasteiger partial charge on any atom is -0.289 e. The zero-order valence-corrected chi connectivity index (χ0v) is 7.74. The first kappa shape index (κ1) is 9.67. The van der Waals surface area contributed by atoms with Crippen molar-refractivity contribution in [2.45, 2.75) is 13.8 Å². The molecule has 13 heavy (non-hydrogen) atoms. The Kier molecular flexibility index (Phi) is 2.63. The van der Waals surface area contributed by atoms with Gasteiger partial charge in [-0.2, -0.15) is 0 Å². The quantitative estimate of drug-likeness (QED) is 0.350. The molecule has 0 aromatic heterocycles. The number of nitrogens with two attached hydrogens (primary N) is 1. The van der Waals surface area contributed by atoms with Gasteiger partial charge in [0, 0.05) is 11.6 Å². The van der Waals surface area contributed by atoms with Crippen molar-refractivity contribution in [1.29, 1.82) is 0 Å². The van der Waals surface area contributed by atoms with Crippen LogP contribution >= 0.6 is 0 Å². The van der Waals surface area contributed by atoms with Crippen molar-refractivity contribution in [1.82, 2.24) is 5.43 Å². The Morgan fingerprint density at radius 3 is 2.85 bits per heavy atom. The highest BCUT2D eigenvalue weighted by Crippen LogP contribution is 2.20. The van der Waals surface area contributed by atoms with Gasteiger partial charge in [-0.15, -0.1) is 0 Å². The number of carbonyl (C=O) groups is 1. The van der Waals surface area contributed by atoms with Crippen LogP contribution in [0, 0.1) is 5.41 Å². The average molecular weight is 179 g/mol. The number of aliphatic imine (C=N–C) groups is 1. The second-order valence-corrected chi connectivity index (χ2v) is 3.46. The second-order valence-electron chi connectivity index (χ2n) is 3.46. The molecule has 0 unspecified atom stereocenters. The third-order valence-electron chi connectivity index (χ3n) is 1.75. The summed E-state index contributed by atoms with van der Waals surface area (Å²) in [7, 11) is 0. The summed E-state index contributed by atoms with van der Waals surface area (Å²) in [4.78, 5) is 15.0. The summed E-state index contributed by atoms with van der Waals surface area (Å²) in [6, 6.07) is 0. The summed E-state index contributed by atoms with van der Waals surface area (Å²) in [5.74, 6) is 4.61. The topological polar surface area (TPSA) is 67.5 Å². The maximum atomic E-state index is 11.1. The van der Waals surface area contributed by atoms with Crippen molar-refractivity contribution in [3.63, 3.8) is 0 Å². The van der Waals surface area contributed by atoms with E-state index in [4.69, 9.17) is 5.84 Å². The number of amides is 1. The highest BCUT2D eigenvalue weighted by atomic mass is 16.2. The van der Waals surface area contributed by atoms with Crippen LogP contribution in [0.25, 0.3) is 0 Å². The smallest absolute Gasteiger partial charge is 0.283 e. The molecule has 0 atom stereocenters. The highest BCUT2D eigenvalue weighted by molar-refractivity contribution is 6.43. The number of carbonyl (C=O) groups excluding carboxylic acids is 1. The molecule has 4 heteroatoms. The van der Waals surface area contributed by atoms with Gasteiger partial charge in [-0.05, 0) is 6.08 Å². The molecule has 0 radical (unpaired) electrons. The first-order chi connectivity index (χ1) is 6.05. The van der Waals surface area contributed by atoms with Gasteiger partial charge in [0.2, 0.25) is 0 Å². The minimum absolute atomic E-state index is 0.0693. The van der Waals surface area contributed by atoms with Gasteiger partial charge < -0.3 is 0 Å². The molecule has 0 aliphatic carbocycles. The fourth-order valence-corrected chi connectivity index (χ4v) is 0.910. The van der Waals surface area contributed by atoms with Gasteiger partial charge in [-0.3, -0.25) is 15.2 Å².